The zero-order valence-corrected chi connectivity index (χ0v) is 12.4. The third-order valence-electron chi connectivity index (χ3n) is 3.62. The number of aromatic amines is 1. The Kier molecular flexibility index (Phi) is 4.31. The van der Waals surface area contributed by atoms with Gasteiger partial charge in [-0.2, -0.15) is 0 Å². The molecule has 0 atom stereocenters. The maximum atomic E-state index is 4.60. The van der Waals surface area contributed by atoms with Gasteiger partial charge in [-0.1, -0.05) is 42.0 Å². The van der Waals surface area contributed by atoms with Gasteiger partial charge in [0, 0.05) is 13.0 Å². The van der Waals surface area contributed by atoms with Crippen LogP contribution in [0.5, 0.6) is 0 Å². The molecule has 3 aromatic rings. The molecule has 0 amide bonds. The Morgan fingerprint density at radius 3 is 2.86 bits per heavy atom. The molecule has 108 valence electrons. The summed E-state index contributed by atoms with van der Waals surface area (Å²) in [5.74, 6) is 1.08. The van der Waals surface area contributed by atoms with Gasteiger partial charge >= 0.3 is 0 Å². The molecule has 0 fully saturated rings. The Bertz CT molecular complexity index is 682. The highest BCUT2D eigenvalue weighted by Gasteiger charge is 2.01. The minimum absolute atomic E-state index is 0.932. The second kappa shape index (κ2) is 6.55. The van der Waals surface area contributed by atoms with E-state index < -0.39 is 0 Å². The molecule has 0 saturated carbocycles. The normalized spacial score (nSPS) is 11.1. The first-order valence-corrected chi connectivity index (χ1v) is 7.51. The summed E-state index contributed by atoms with van der Waals surface area (Å²) in [5, 5.41) is 3.49. The van der Waals surface area contributed by atoms with Gasteiger partial charge in [0.2, 0.25) is 0 Å². The fourth-order valence-electron chi connectivity index (χ4n) is 2.56. The van der Waals surface area contributed by atoms with E-state index >= 15 is 0 Å². The number of hydrogen-bond acceptors (Lipinski definition) is 2. The average Bonchev–Trinajstić information content (AvgIpc) is 2.89. The summed E-state index contributed by atoms with van der Waals surface area (Å²) in [4.78, 5) is 7.97. The number of hydrogen-bond donors (Lipinski definition) is 2. The minimum Gasteiger partial charge on any atom is -0.342 e. The Morgan fingerprint density at radius 2 is 2.00 bits per heavy atom. The number of imidazole rings is 1. The second-order valence-corrected chi connectivity index (χ2v) is 5.47. The number of benzene rings is 2. The maximum absolute atomic E-state index is 4.60. The van der Waals surface area contributed by atoms with Crippen molar-refractivity contribution in [1.29, 1.82) is 0 Å². The molecule has 3 nitrogen and oxygen atoms in total. The number of para-hydroxylation sites is 2. The van der Waals surface area contributed by atoms with E-state index in [0.717, 1.165) is 42.8 Å². The Balaban J connectivity index is 1.44. The number of nitrogens with zero attached hydrogens (tertiary/aromatic N) is 1. The van der Waals surface area contributed by atoms with Gasteiger partial charge in [0.25, 0.3) is 0 Å². The van der Waals surface area contributed by atoms with Crippen molar-refractivity contribution in [3.8, 4) is 0 Å². The molecule has 1 heterocycles. The van der Waals surface area contributed by atoms with Crippen molar-refractivity contribution < 1.29 is 0 Å². The molecule has 0 aliphatic carbocycles. The second-order valence-electron chi connectivity index (χ2n) is 5.47. The molecule has 3 heteroatoms. The third-order valence-corrected chi connectivity index (χ3v) is 3.62. The molecule has 0 aliphatic heterocycles. The van der Waals surface area contributed by atoms with E-state index in [4.69, 9.17) is 0 Å². The smallest absolute Gasteiger partial charge is 0.107 e. The lowest BCUT2D eigenvalue weighted by Crippen LogP contribution is -2.15. The summed E-state index contributed by atoms with van der Waals surface area (Å²) >= 11 is 0. The van der Waals surface area contributed by atoms with Gasteiger partial charge < -0.3 is 10.3 Å². The third kappa shape index (κ3) is 3.70. The van der Waals surface area contributed by atoms with Crippen molar-refractivity contribution in [3.63, 3.8) is 0 Å². The number of aromatic nitrogens is 2. The Morgan fingerprint density at radius 1 is 1.10 bits per heavy atom. The summed E-state index contributed by atoms with van der Waals surface area (Å²) < 4.78 is 0. The van der Waals surface area contributed by atoms with E-state index in [-0.39, 0.29) is 0 Å². The van der Waals surface area contributed by atoms with E-state index in [1.807, 2.05) is 18.2 Å². The van der Waals surface area contributed by atoms with E-state index in [1.54, 1.807) is 0 Å². The van der Waals surface area contributed by atoms with Gasteiger partial charge in [-0.3, -0.25) is 0 Å². The zero-order valence-electron chi connectivity index (χ0n) is 12.4. The Hall–Kier alpha value is -2.13. The topological polar surface area (TPSA) is 40.7 Å². The molecule has 21 heavy (non-hydrogen) atoms. The summed E-state index contributed by atoms with van der Waals surface area (Å²) in [6.45, 7) is 4.07. The van der Waals surface area contributed by atoms with Crippen LogP contribution in [0.1, 0.15) is 23.4 Å². The van der Waals surface area contributed by atoms with E-state index in [9.17, 15) is 0 Å². The highest BCUT2D eigenvalue weighted by molar-refractivity contribution is 5.74. The van der Waals surface area contributed by atoms with E-state index in [0.29, 0.717) is 0 Å². The van der Waals surface area contributed by atoms with Crippen molar-refractivity contribution in [2.45, 2.75) is 26.3 Å². The first-order valence-electron chi connectivity index (χ1n) is 7.51. The van der Waals surface area contributed by atoms with Crippen LogP contribution >= 0.6 is 0 Å². The molecule has 1 aromatic heterocycles. The van der Waals surface area contributed by atoms with Crippen LogP contribution < -0.4 is 5.32 Å². The van der Waals surface area contributed by atoms with Gasteiger partial charge in [-0.25, -0.2) is 4.98 Å². The standard InChI is InChI=1S/C18H21N3/c1-14-6-4-7-15(12-14)13-19-11-5-10-18-20-16-8-2-3-9-17(16)21-18/h2-4,6-9,12,19H,5,10-11,13H2,1H3,(H,20,21). The van der Waals surface area contributed by atoms with Crippen molar-refractivity contribution >= 4 is 11.0 Å². The molecule has 0 unspecified atom stereocenters. The molecule has 2 N–H and O–H groups in total. The molecule has 2 aromatic carbocycles. The van der Waals surface area contributed by atoms with Gasteiger partial charge in [0.15, 0.2) is 0 Å². The molecule has 0 radical (unpaired) electrons. The highest BCUT2D eigenvalue weighted by Crippen LogP contribution is 2.11. The van der Waals surface area contributed by atoms with Crippen LogP contribution in [0.3, 0.4) is 0 Å². The largest absolute Gasteiger partial charge is 0.342 e. The summed E-state index contributed by atoms with van der Waals surface area (Å²) in [7, 11) is 0. The molecule has 3 rings (SSSR count). The van der Waals surface area contributed by atoms with Gasteiger partial charge in [-0.15, -0.1) is 0 Å². The summed E-state index contributed by atoms with van der Waals surface area (Å²) in [5.41, 5.74) is 4.84. The lowest BCUT2D eigenvalue weighted by atomic mass is 10.1. The predicted molar refractivity (Wildman–Crippen MR) is 87.3 cm³/mol. The van der Waals surface area contributed by atoms with Gasteiger partial charge in [0.05, 0.1) is 11.0 Å². The number of aryl methyl sites for hydroxylation is 2. The number of H-pyrrole nitrogens is 1. The van der Waals surface area contributed by atoms with Gasteiger partial charge in [-0.05, 0) is 37.6 Å². The van der Waals surface area contributed by atoms with E-state index in [2.05, 4.69) is 52.5 Å². The number of rotatable bonds is 6. The van der Waals surface area contributed by atoms with Crippen molar-refractivity contribution in [2.24, 2.45) is 0 Å². The SMILES string of the molecule is Cc1cccc(CNCCCc2nc3ccccc3[nH]2)c1. The van der Waals surface area contributed by atoms with Crippen LogP contribution in [0.15, 0.2) is 48.5 Å². The van der Waals surface area contributed by atoms with Crippen LogP contribution in [0.4, 0.5) is 0 Å². The first kappa shape index (κ1) is 13.8. The van der Waals surface area contributed by atoms with Crippen LogP contribution in [-0.4, -0.2) is 16.5 Å². The van der Waals surface area contributed by atoms with Crippen molar-refractivity contribution in [3.05, 3.63) is 65.5 Å². The number of fused-ring (bicyclic) bond motifs is 1. The molecule has 0 aliphatic rings. The van der Waals surface area contributed by atoms with Crippen LogP contribution in [0.25, 0.3) is 11.0 Å². The van der Waals surface area contributed by atoms with E-state index in [1.165, 1.54) is 11.1 Å². The molecular weight excluding hydrogens is 258 g/mol. The van der Waals surface area contributed by atoms with Crippen molar-refractivity contribution in [2.75, 3.05) is 6.54 Å². The van der Waals surface area contributed by atoms with Crippen molar-refractivity contribution in [1.82, 2.24) is 15.3 Å². The monoisotopic (exact) mass is 279 g/mol. The zero-order chi connectivity index (χ0) is 14.5. The highest BCUT2D eigenvalue weighted by atomic mass is 14.9. The van der Waals surface area contributed by atoms with Gasteiger partial charge in [0.1, 0.15) is 5.82 Å². The molecule has 0 spiro atoms. The average molecular weight is 279 g/mol. The fourth-order valence-corrected chi connectivity index (χ4v) is 2.56. The van der Waals surface area contributed by atoms with Crippen LogP contribution in [-0.2, 0) is 13.0 Å². The predicted octanol–water partition coefficient (Wildman–Crippen LogP) is 3.59. The quantitative estimate of drug-likeness (QED) is 0.677. The maximum Gasteiger partial charge on any atom is 0.107 e. The van der Waals surface area contributed by atoms with Crippen LogP contribution in [0.2, 0.25) is 0 Å². The molecule has 0 bridgehead atoms. The fraction of sp³-hybridized carbons (Fsp3) is 0.278. The summed E-state index contributed by atoms with van der Waals surface area (Å²) in [6, 6.07) is 16.8. The summed E-state index contributed by atoms with van der Waals surface area (Å²) in [6.07, 6.45) is 2.07. The lowest BCUT2D eigenvalue weighted by Gasteiger charge is -2.05. The number of nitrogens with one attached hydrogen (secondary N) is 2. The lowest BCUT2D eigenvalue weighted by molar-refractivity contribution is 0.641. The first-order chi connectivity index (χ1) is 10.3. The Labute approximate surface area is 125 Å². The molecular formula is C18H21N3. The molecule has 0 saturated heterocycles. The minimum atomic E-state index is 0.932. The van der Waals surface area contributed by atoms with Crippen LogP contribution in [0, 0.1) is 6.92 Å².